The number of benzene rings is 3. The maximum atomic E-state index is 6.97. The van der Waals surface area contributed by atoms with Gasteiger partial charge in [0.05, 0.1) is 19.8 Å². The zero-order valence-corrected chi connectivity index (χ0v) is 17.9. The SMILES string of the molecule is c1ccc(P(O[C@@H]2CCCC[C@@H]2c2ccc3ccccc3n2)c2ccccc2)cc1. The molecule has 2 atom stereocenters. The van der Waals surface area contributed by atoms with Crippen molar-refractivity contribution in [3.05, 3.63) is 103 Å². The van der Waals surface area contributed by atoms with Gasteiger partial charge >= 0.3 is 0 Å². The maximum absolute atomic E-state index is 6.97. The minimum atomic E-state index is -0.853. The first-order valence-electron chi connectivity index (χ1n) is 10.8. The van der Waals surface area contributed by atoms with Crippen LogP contribution in [0.1, 0.15) is 37.3 Å². The van der Waals surface area contributed by atoms with E-state index in [4.69, 9.17) is 9.51 Å². The molecule has 3 heteroatoms. The fraction of sp³-hybridized carbons (Fsp3) is 0.222. The van der Waals surface area contributed by atoms with E-state index < -0.39 is 8.15 Å². The monoisotopic (exact) mass is 411 g/mol. The number of hydrogen-bond acceptors (Lipinski definition) is 2. The summed E-state index contributed by atoms with van der Waals surface area (Å²) in [6, 6.07) is 34.2. The third kappa shape index (κ3) is 4.17. The number of nitrogens with zero attached hydrogens (tertiary/aromatic N) is 1. The molecule has 1 aliphatic carbocycles. The molecule has 0 amide bonds. The van der Waals surface area contributed by atoms with Crippen LogP contribution in [0, 0.1) is 0 Å². The van der Waals surface area contributed by atoms with Crippen molar-refractivity contribution in [1.82, 2.24) is 4.98 Å². The van der Waals surface area contributed by atoms with Crippen molar-refractivity contribution in [3.8, 4) is 0 Å². The Hall–Kier alpha value is -2.54. The van der Waals surface area contributed by atoms with Crippen molar-refractivity contribution in [2.45, 2.75) is 37.7 Å². The molecule has 0 N–H and O–H groups in total. The van der Waals surface area contributed by atoms with Crippen molar-refractivity contribution < 1.29 is 4.52 Å². The molecule has 0 unspecified atom stereocenters. The summed E-state index contributed by atoms with van der Waals surface area (Å²) in [5.41, 5.74) is 2.25. The van der Waals surface area contributed by atoms with Gasteiger partial charge in [-0.05, 0) is 25.0 Å². The number of hydrogen-bond donors (Lipinski definition) is 0. The van der Waals surface area contributed by atoms with Gasteiger partial charge in [-0.25, -0.2) is 0 Å². The Balaban J connectivity index is 1.48. The van der Waals surface area contributed by atoms with Gasteiger partial charge in [0.1, 0.15) is 0 Å². The molecule has 3 aromatic carbocycles. The highest BCUT2D eigenvalue weighted by molar-refractivity contribution is 7.68. The van der Waals surface area contributed by atoms with Gasteiger partial charge in [-0.2, -0.15) is 0 Å². The smallest absolute Gasteiger partial charge is 0.0921 e. The van der Waals surface area contributed by atoms with Crippen LogP contribution in [0.4, 0.5) is 0 Å². The van der Waals surface area contributed by atoms with E-state index in [-0.39, 0.29) is 6.10 Å². The van der Waals surface area contributed by atoms with Crippen LogP contribution in [-0.2, 0) is 4.52 Å². The van der Waals surface area contributed by atoms with Gasteiger partial charge in [0.15, 0.2) is 0 Å². The number of fused-ring (bicyclic) bond motifs is 1. The normalized spacial score (nSPS) is 19.2. The van der Waals surface area contributed by atoms with Gasteiger partial charge in [-0.3, -0.25) is 4.98 Å². The molecule has 0 aliphatic heterocycles. The number of pyridine rings is 1. The van der Waals surface area contributed by atoms with Crippen LogP contribution < -0.4 is 10.6 Å². The second-order valence-corrected chi connectivity index (χ2v) is 9.76. The fourth-order valence-electron chi connectivity index (χ4n) is 4.38. The van der Waals surface area contributed by atoms with Crippen molar-refractivity contribution in [3.63, 3.8) is 0 Å². The van der Waals surface area contributed by atoms with E-state index in [9.17, 15) is 0 Å². The summed E-state index contributed by atoms with van der Waals surface area (Å²) in [7, 11) is -0.853. The molecule has 1 aromatic heterocycles. The molecule has 1 saturated carbocycles. The number of rotatable bonds is 5. The number of para-hydroxylation sites is 1. The molecule has 1 fully saturated rings. The predicted octanol–water partition coefficient (Wildman–Crippen LogP) is 6.33. The first kappa shape index (κ1) is 19.4. The highest BCUT2D eigenvalue weighted by atomic mass is 31.1. The summed E-state index contributed by atoms with van der Waals surface area (Å²) < 4.78 is 6.97. The zero-order valence-electron chi connectivity index (χ0n) is 17.0. The van der Waals surface area contributed by atoms with E-state index in [2.05, 4.69) is 97.1 Å². The first-order chi connectivity index (χ1) is 14.9. The minimum Gasteiger partial charge on any atom is -0.346 e. The molecule has 150 valence electrons. The molecular weight excluding hydrogens is 385 g/mol. The summed E-state index contributed by atoms with van der Waals surface area (Å²) >= 11 is 0. The van der Waals surface area contributed by atoms with Gasteiger partial charge in [0.25, 0.3) is 0 Å². The minimum absolute atomic E-state index is 0.193. The third-order valence-corrected chi connectivity index (χ3v) is 7.94. The lowest BCUT2D eigenvalue weighted by atomic mass is 9.84. The van der Waals surface area contributed by atoms with Crippen LogP contribution in [0.5, 0.6) is 0 Å². The zero-order chi connectivity index (χ0) is 20.2. The second-order valence-electron chi connectivity index (χ2n) is 7.93. The van der Waals surface area contributed by atoms with Gasteiger partial charge in [-0.1, -0.05) is 97.8 Å². The van der Waals surface area contributed by atoms with Gasteiger partial charge < -0.3 is 4.52 Å². The average Bonchev–Trinajstić information content (AvgIpc) is 2.83. The lowest BCUT2D eigenvalue weighted by molar-refractivity contribution is 0.148. The van der Waals surface area contributed by atoms with Crippen LogP contribution in [0.2, 0.25) is 0 Å². The molecule has 0 radical (unpaired) electrons. The lowest BCUT2D eigenvalue weighted by Gasteiger charge is -2.34. The Labute approximate surface area is 179 Å². The lowest BCUT2D eigenvalue weighted by Crippen LogP contribution is -2.28. The summed E-state index contributed by atoms with van der Waals surface area (Å²) in [5.74, 6) is 0.348. The maximum Gasteiger partial charge on any atom is 0.0921 e. The predicted molar refractivity (Wildman–Crippen MR) is 127 cm³/mol. The quantitative estimate of drug-likeness (QED) is 0.358. The molecule has 30 heavy (non-hydrogen) atoms. The Kier molecular flexibility index (Phi) is 5.88. The van der Waals surface area contributed by atoms with Crippen LogP contribution in [0.25, 0.3) is 10.9 Å². The molecule has 0 spiro atoms. The van der Waals surface area contributed by atoms with Gasteiger partial charge in [0.2, 0.25) is 0 Å². The standard InChI is InChI=1S/C27H26NOP/c1-3-12-22(13-4-1)30(23-14-5-2-6-15-23)29-27-18-10-8-16-24(27)26-20-19-21-11-7-9-17-25(21)28-26/h1-7,9,11-15,17,19-20,24,27H,8,10,16,18H2/t24-,27-/m1/s1. The van der Waals surface area contributed by atoms with E-state index in [0.29, 0.717) is 5.92 Å². The van der Waals surface area contributed by atoms with Crippen molar-refractivity contribution in [2.24, 2.45) is 0 Å². The summed E-state index contributed by atoms with van der Waals surface area (Å²) in [5, 5.41) is 3.74. The molecule has 4 aromatic rings. The second kappa shape index (κ2) is 9.08. The van der Waals surface area contributed by atoms with Gasteiger partial charge in [0, 0.05) is 27.6 Å². The van der Waals surface area contributed by atoms with Crippen LogP contribution in [0.15, 0.2) is 97.1 Å². The van der Waals surface area contributed by atoms with Crippen LogP contribution >= 0.6 is 8.15 Å². The Bertz CT molecular complexity index is 1060. The Morgan fingerprint density at radius 2 is 1.30 bits per heavy atom. The fourth-order valence-corrected chi connectivity index (χ4v) is 6.33. The molecule has 1 aliphatic rings. The topological polar surface area (TPSA) is 22.1 Å². The van der Waals surface area contributed by atoms with Crippen LogP contribution in [-0.4, -0.2) is 11.1 Å². The van der Waals surface area contributed by atoms with Crippen molar-refractivity contribution in [2.75, 3.05) is 0 Å². The van der Waals surface area contributed by atoms with Gasteiger partial charge in [-0.15, -0.1) is 0 Å². The van der Waals surface area contributed by atoms with E-state index in [1.54, 1.807) is 0 Å². The van der Waals surface area contributed by atoms with E-state index in [1.165, 1.54) is 34.5 Å². The molecule has 5 rings (SSSR count). The third-order valence-electron chi connectivity index (χ3n) is 5.92. The summed E-state index contributed by atoms with van der Waals surface area (Å²) in [6.07, 6.45) is 4.90. The molecule has 0 saturated heterocycles. The Morgan fingerprint density at radius 3 is 2.03 bits per heavy atom. The highest BCUT2D eigenvalue weighted by Gasteiger charge is 2.31. The van der Waals surface area contributed by atoms with Crippen molar-refractivity contribution >= 4 is 29.7 Å². The van der Waals surface area contributed by atoms with E-state index in [1.807, 2.05) is 0 Å². The highest BCUT2D eigenvalue weighted by Crippen LogP contribution is 2.44. The summed E-state index contributed by atoms with van der Waals surface area (Å²) in [6.45, 7) is 0. The van der Waals surface area contributed by atoms with Crippen LogP contribution in [0.3, 0.4) is 0 Å². The number of aromatic nitrogens is 1. The molecule has 2 nitrogen and oxygen atoms in total. The molecular formula is C27H26NOP. The average molecular weight is 411 g/mol. The van der Waals surface area contributed by atoms with Crippen molar-refractivity contribution in [1.29, 1.82) is 0 Å². The largest absolute Gasteiger partial charge is 0.346 e. The van der Waals surface area contributed by atoms with E-state index >= 15 is 0 Å². The first-order valence-corrected chi connectivity index (χ1v) is 12.1. The van der Waals surface area contributed by atoms with E-state index in [0.717, 1.165) is 18.4 Å². The molecule has 0 bridgehead atoms. The Morgan fingerprint density at radius 1 is 0.667 bits per heavy atom. The summed E-state index contributed by atoms with van der Waals surface area (Å²) in [4.78, 5) is 5.03. The molecule has 1 heterocycles.